The summed E-state index contributed by atoms with van der Waals surface area (Å²) in [5.41, 5.74) is -0.973. The minimum atomic E-state index is -0.953. The van der Waals surface area contributed by atoms with Gasteiger partial charge in [0.2, 0.25) is 0 Å². The molecule has 1 aromatic rings. The van der Waals surface area contributed by atoms with Crippen molar-refractivity contribution >= 4 is 18.7 Å². The maximum atomic E-state index is 11.0. The third kappa shape index (κ3) is 3.54. The zero-order chi connectivity index (χ0) is 18.5. The van der Waals surface area contributed by atoms with Crippen molar-refractivity contribution in [3.63, 3.8) is 0 Å². The molecule has 0 unspecified atom stereocenters. The zero-order valence-corrected chi connectivity index (χ0v) is 15.2. The Bertz CT molecular complexity index is 636. The summed E-state index contributed by atoms with van der Waals surface area (Å²) in [6, 6.07) is 0. The lowest BCUT2D eigenvalue weighted by molar-refractivity contribution is -0.0319. The van der Waals surface area contributed by atoms with E-state index in [0.29, 0.717) is 32.5 Å². The van der Waals surface area contributed by atoms with E-state index in [2.05, 4.69) is 5.10 Å². The maximum Gasteiger partial charge on any atom is 0.498 e. The second-order valence-corrected chi connectivity index (χ2v) is 8.05. The number of carbonyl (C=O) groups is 1. The number of hydrogen-bond acceptors (Lipinski definition) is 5. The van der Waals surface area contributed by atoms with E-state index in [-0.39, 0.29) is 0 Å². The van der Waals surface area contributed by atoms with Crippen LogP contribution in [0, 0.1) is 0 Å². The van der Waals surface area contributed by atoms with Gasteiger partial charge in [-0.25, -0.2) is 4.79 Å². The Kier molecular flexibility index (Phi) is 4.37. The van der Waals surface area contributed by atoms with Gasteiger partial charge < -0.3 is 24.4 Å². The van der Waals surface area contributed by atoms with Crippen molar-refractivity contribution in [2.75, 3.05) is 13.1 Å². The smallest absolute Gasteiger partial charge is 0.465 e. The van der Waals surface area contributed by atoms with Crippen molar-refractivity contribution in [2.45, 2.75) is 63.9 Å². The molecule has 1 amide bonds. The third-order valence-electron chi connectivity index (χ3n) is 5.60. The number of piperidine rings is 1. The van der Waals surface area contributed by atoms with E-state index in [4.69, 9.17) is 14.4 Å². The molecule has 25 heavy (non-hydrogen) atoms. The molecule has 2 saturated heterocycles. The molecule has 9 heteroatoms. The summed E-state index contributed by atoms with van der Waals surface area (Å²) in [6.45, 7) is 8.97. The zero-order valence-electron chi connectivity index (χ0n) is 15.2. The largest absolute Gasteiger partial charge is 0.498 e. The molecule has 8 nitrogen and oxygen atoms in total. The van der Waals surface area contributed by atoms with Crippen LogP contribution in [0.3, 0.4) is 0 Å². The SMILES string of the molecule is CC1(C)OB(c2cnn(CC3(O)CCN(C(=O)O)CC3)c2)OC1(C)C. The van der Waals surface area contributed by atoms with Gasteiger partial charge in [0.25, 0.3) is 0 Å². The van der Waals surface area contributed by atoms with Crippen molar-refractivity contribution in [3.05, 3.63) is 12.4 Å². The minimum absolute atomic E-state index is 0.319. The van der Waals surface area contributed by atoms with Crippen molar-refractivity contribution < 1.29 is 24.3 Å². The molecule has 0 bridgehead atoms. The van der Waals surface area contributed by atoms with Crippen molar-refractivity contribution in [2.24, 2.45) is 0 Å². The Morgan fingerprint density at radius 2 is 1.80 bits per heavy atom. The van der Waals surface area contributed by atoms with Crippen LogP contribution in [-0.4, -0.2) is 68.0 Å². The van der Waals surface area contributed by atoms with Crippen LogP contribution in [0.2, 0.25) is 0 Å². The first-order valence-electron chi connectivity index (χ1n) is 8.60. The number of aromatic nitrogens is 2. The van der Waals surface area contributed by atoms with Gasteiger partial charge in [-0.1, -0.05) is 0 Å². The highest BCUT2D eigenvalue weighted by atomic mass is 16.7. The predicted molar refractivity (Wildman–Crippen MR) is 91.7 cm³/mol. The molecular weight excluding hydrogens is 325 g/mol. The van der Waals surface area contributed by atoms with Crippen molar-refractivity contribution in [1.29, 1.82) is 0 Å². The fourth-order valence-electron chi connectivity index (χ4n) is 3.14. The van der Waals surface area contributed by atoms with E-state index >= 15 is 0 Å². The highest BCUT2D eigenvalue weighted by Crippen LogP contribution is 2.36. The van der Waals surface area contributed by atoms with Gasteiger partial charge in [0.15, 0.2) is 0 Å². The van der Waals surface area contributed by atoms with Crippen LogP contribution >= 0.6 is 0 Å². The van der Waals surface area contributed by atoms with Gasteiger partial charge in [-0.05, 0) is 40.5 Å². The van der Waals surface area contributed by atoms with Crippen LogP contribution in [0.15, 0.2) is 12.4 Å². The normalized spacial score (nSPS) is 24.5. The number of aliphatic hydroxyl groups is 1. The number of nitrogens with zero attached hydrogens (tertiary/aromatic N) is 3. The van der Waals surface area contributed by atoms with E-state index in [1.165, 1.54) is 4.90 Å². The minimum Gasteiger partial charge on any atom is -0.465 e. The lowest BCUT2D eigenvalue weighted by Gasteiger charge is -2.36. The summed E-state index contributed by atoms with van der Waals surface area (Å²) >= 11 is 0. The molecule has 3 rings (SSSR count). The molecular formula is C16H26BN3O5. The molecule has 2 aliphatic rings. The molecule has 138 valence electrons. The Hall–Kier alpha value is -1.58. The van der Waals surface area contributed by atoms with Gasteiger partial charge in [0, 0.05) is 30.9 Å². The molecule has 0 saturated carbocycles. The van der Waals surface area contributed by atoms with Gasteiger partial charge in [0.05, 0.1) is 23.3 Å². The number of amides is 1. The lowest BCUT2D eigenvalue weighted by atomic mass is 9.82. The van der Waals surface area contributed by atoms with Crippen LogP contribution in [0.5, 0.6) is 0 Å². The molecule has 0 radical (unpaired) electrons. The number of rotatable bonds is 3. The first-order chi connectivity index (χ1) is 11.5. The summed E-state index contributed by atoms with van der Waals surface area (Å²) in [5, 5.41) is 24.0. The van der Waals surface area contributed by atoms with Crippen molar-refractivity contribution in [1.82, 2.24) is 14.7 Å². The van der Waals surface area contributed by atoms with Crippen LogP contribution in [0.1, 0.15) is 40.5 Å². The van der Waals surface area contributed by atoms with Crippen LogP contribution in [-0.2, 0) is 15.9 Å². The molecule has 0 spiro atoms. The molecule has 0 atom stereocenters. The van der Waals surface area contributed by atoms with Gasteiger partial charge in [-0.15, -0.1) is 0 Å². The average molecular weight is 351 g/mol. The molecule has 2 N–H and O–H groups in total. The Morgan fingerprint density at radius 1 is 1.24 bits per heavy atom. The highest BCUT2D eigenvalue weighted by Gasteiger charge is 2.52. The monoisotopic (exact) mass is 351 g/mol. The number of carboxylic acid groups (broad SMARTS) is 1. The quantitative estimate of drug-likeness (QED) is 0.778. The standard InChI is InChI=1S/C16H26BN3O5/c1-14(2)15(3,4)25-17(24-14)12-9-18-20(10-12)11-16(23)5-7-19(8-6-16)13(21)22/h9-10,23H,5-8,11H2,1-4H3,(H,21,22). The lowest BCUT2D eigenvalue weighted by Crippen LogP contribution is -2.48. The first kappa shape index (κ1) is 18.2. The molecule has 1 aromatic heterocycles. The third-order valence-corrected chi connectivity index (χ3v) is 5.60. The fraction of sp³-hybridized carbons (Fsp3) is 0.750. The summed E-state index contributed by atoms with van der Waals surface area (Å²) < 4.78 is 13.7. The molecule has 0 aromatic carbocycles. The topological polar surface area (TPSA) is 97.1 Å². The second-order valence-electron chi connectivity index (χ2n) is 8.05. The molecule has 2 fully saturated rings. The Morgan fingerprint density at radius 3 is 2.32 bits per heavy atom. The molecule has 0 aliphatic carbocycles. The summed E-state index contributed by atoms with van der Waals surface area (Å²) in [6.07, 6.45) is 3.36. The van der Waals surface area contributed by atoms with Gasteiger partial charge in [0.1, 0.15) is 0 Å². The van der Waals surface area contributed by atoms with Gasteiger partial charge >= 0.3 is 13.2 Å². The van der Waals surface area contributed by atoms with Gasteiger partial charge in [-0.3, -0.25) is 4.68 Å². The van der Waals surface area contributed by atoms with E-state index in [1.54, 1.807) is 10.9 Å². The Labute approximate surface area is 147 Å². The van der Waals surface area contributed by atoms with E-state index in [0.717, 1.165) is 5.46 Å². The second kappa shape index (κ2) is 6.00. The average Bonchev–Trinajstić information content (AvgIpc) is 3.01. The maximum absolute atomic E-state index is 11.0. The predicted octanol–water partition coefficient (Wildman–Crippen LogP) is 0.687. The Balaban J connectivity index is 1.64. The van der Waals surface area contributed by atoms with Crippen LogP contribution in [0.25, 0.3) is 0 Å². The number of hydrogen-bond donors (Lipinski definition) is 2. The van der Waals surface area contributed by atoms with Crippen LogP contribution < -0.4 is 5.46 Å². The molecule has 2 aliphatic heterocycles. The highest BCUT2D eigenvalue weighted by molar-refractivity contribution is 6.61. The summed E-state index contributed by atoms with van der Waals surface area (Å²) in [7, 11) is -0.484. The van der Waals surface area contributed by atoms with E-state index in [9.17, 15) is 9.90 Å². The van der Waals surface area contributed by atoms with E-state index in [1.807, 2.05) is 33.9 Å². The summed E-state index contributed by atoms with van der Waals surface area (Å²) in [5.74, 6) is 0. The van der Waals surface area contributed by atoms with Gasteiger partial charge in [-0.2, -0.15) is 5.10 Å². The van der Waals surface area contributed by atoms with Crippen molar-refractivity contribution in [3.8, 4) is 0 Å². The van der Waals surface area contributed by atoms with Crippen LogP contribution in [0.4, 0.5) is 4.79 Å². The summed E-state index contributed by atoms with van der Waals surface area (Å²) in [4.78, 5) is 12.3. The van der Waals surface area contributed by atoms with E-state index < -0.39 is 30.0 Å². The first-order valence-corrected chi connectivity index (χ1v) is 8.60. The molecule has 3 heterocycles. The fourth-order valence-corrected chi connectivity index (χ4v) is 3.14. The number of likely N-dealkylation sites (tertiary alicyclic amines) is 1.